The molecule has 1 N–H and O–H groups in total. The van der Waals surface area contributed by atoms with Crippen LogP contribution in [0.15, 0.2) is 36.5 Å². The Morgan fingerprint density at radius 2 is 2.12 bits per heavy atom. The van der Waals surface area contributed by atoms with Crippen molar-refractivity contribution in [1.82, 2.24) is 4.98 Å². The van der Waals surface area contributed by atoms with Crippen LogP contribution in [0, 0.1) is 12.7 Å². The minimum absolute atomic E-state index is 0.0718. The Morgan fingerprint density at radius 1 is 1.35 bits per heavy atom. The minimum atomic E-state index is -1.12. The van der Waals surface area contributed by atoms with Gasteiger partial charge in [-0.2, -0.15) is 0 Å². The summed E-state index contributed by atoms with van der Waals surface area (Å²) < 4.78 is 13.3. The molecule has 3 nitrogen and oxygen atoms in total. The van der Waals surface area contributed by atoms with E-state index in [0.29, 0.717) is 11.1 Å². The van der Waals surface area contributed by atoms with Gasteiger partial charge in [-0.3, -0.25) is 0 Å². The molecule has 0 aliphatic heterocycles. The fourth-order valence-electron chi connectivity index (χ4n) is 1.70. The first-order valence-corrected chi connectivity index (χ1v) is 5.04. The van der Waals surface area contributed by atoms with E-state index in [-0.39, 0.29) is 11.5 Å². The molecule has 0 radical (unpaired) electrons. The Labute approximate surface area is 97.6 Å². The monoisotopic (exact) mass is 231 g/mol. The normalized spacial score (nSPS) is 10.2. The number of aryl methyl sites for hydroxylation is 1. The third-order valence-electron chi connectivity index (χ3n) is 2.36. The predicted molar refractivity (Wildman–Crippen MR) is 61.3 cm³/mol. The van der Waals surface area contributed by atoms with Gasteiger partial charge in [-0.25, -0.2) is 14.2 Å². The molecule has 17 heavy (non-hydrogen) atoms. The number of halogens is 1. The number of aromatic carboxylic acids is 1. The highest BCUT2D eigenvalue weighted by Crippen LogP contribution is 2.24. The highest BCUT2D eigenvalue weighted by Gasteiger charge is 2.13. The van der Waals surface area contributed by atoms with Crippen LogP contribution in [0.2, 0.25) is 0 Å². The van der Waals surface area contributed by atoms with Crippen molar-refractivity contribution in [3.8, 4) is 11.1 Å². The van der Waals surface area contributed by atoms with E-state index in [1.54, 1.807) is 25.1 Å². The Balaban J connectivity index is 2.64. The summed E-state index contributed by atoms with van der Waals surface area (Å²) >= 11 is 0. The second-order valence-corrected chi connectivity index (χ2v) is 3.72. The number of rotatable bonds is 2. The highest BCUT2D eigenvalue weighted by molar-refractivity contribution is 5.93. The molecule has 1 heterocycles. The molecule has 0 unspecified atom stereocenters. The van der Waals surface area contributed by atoms with Crippen molar-refractivity contribution in [2.45, 2.75) is 6.92 Å². The lowest BCUT2D eigenvalue weighted by Gasteiger charge is -2.06. The average Bonchev–Trinajstić information content (AvgIpc) is 2.27. The summed E-state index contributed by atoms with van der Waals surface area (Å²) in [5, 5.41) is 9.01. The zero-order chi connectivity index (χ0) is 12.4. The zero-order valence-electron chi connectivity index (χ0n) is 9.14. The Kier molecular flexibility index (Phi) is 2.87. The molecule has 0 bridgehead atoms. The van der Waals surface area contributed by atoms with E-state index in [0.717, 1.165) is 5.56 Å². The molecule has 1 aromatic carbocycles. The van der Waals surface area contributed by atoms with Crippen LogP contribution >= 0.6 is 0 Å². The minimum Gasteiger partial charge on any atom is -0.476 e. The topological polar surface area (TPSA) is 50.2 Å². The number of carboxylic acids is 1. The van der Waals surface area contributed by atoms with Crippen molar-refractivity contribution >= 4 is 5.97 Å². The van der Waals surface area contributed by atoms with E-state index in [1.165, 1.54) is 18.3 Å². The molecule has 0 aliphatic rings. The number of hydrogen-bond donors (Lipinski definition) is 1. The quantitative estimate of drug-likeness (QED) is 0.864. The molecule has 86 valence electrons. The van der Waals surface area contributed by atoms with Gasteiger partial charge < -0.3 is 5.11 Å². The summed E-state index contributed by atoms with van der Waals surface area (Å²) in [5.41, 5.74) is 1.60. The van der Waals surface area contributed by atoms with Crippen LogP contribution in [-0.2, 0) is 0 Å². The fourth-order valence-corrected chi connectivity index (χ4v) is 1.70. The maximum atomic E-state index is 13.3. The largest absolute Gasteiger partial charge is 0.476 e. The maximum Gasteiger partial charge on any atom is 0.355 e. The molecule has 2 aromatic rings. The number of carboxylic acid groups (broad SMARTS) is 1. The van der Waals surface area contributed by atoms with Gasteiger partial charge in [0, 0.05) is 11.8 Å². The van der Waals surface area contributed by atoms with Gasteiger partial charge in [0.1, 0.15) is 5.82 Å². The molecule has 0 amide bonds. The molecule has 0 fully saturated rings. The van der Waals surface area contributed by atoms with Crippen LogP contribution in [0.25, 0.3) is 11.1 Å². The molecule has 0 spiro atoms. The van der Waals surface area contributed by atoms with Crippen molar-refractivity contribution in [1.29, 1.82) is 0 Å². The van der Waals surface area contributed by atoms with Crippen molar-refractivity contribution in [2.24, 2.45) is 0 Å². The zero-order valence-corrected chi connectivity index (χ0v) is 9.14. The van der Waals surface area contributed by atoms with Crippen LogP contribution in [0.4, 0.5) is 4.39 Å². The van der Waals surface area contributed by atoms with E-state index in [9.17, 15) is 9.18 Å². The molecule has 0 saturated heterocycles. The van der Waals surface area contributed by atoms with Gasteiger partial charge >= 0.3 is 5.97 Å². The summed E-state index contributed by atoms with van der Waals surface area (Å²) in [7, 11) is 0. The van der Waals surface area contributed by atoms with Crippen molar-refractivity contribution in [2.75, 3.05) is 0 Å². The first-order chi connectivity index (χ1) is 8.08. The highest BCUT2D eigenvalue weighted by atomic mass is 19.1. The molecule has 0 saturated carbocycles. The van der Waals surface area contributed by atoms with Crippen LogP contribution in [0.3, 0.4) is 0 Å². The van der Waals surface area contributed by atoms with Crippen molar-refractivity contribution in [3.05, 3.63) is 53.6 Å². The molecular formula is C13H10FNO2. The van der Waals surface area contributed by atoms with Crippen LogP contribution < -0.4 is 0 Å². The molecule has 4 heteroatoms. The summed E-state index contributed by atoms with van der Waals surface area (Å²) in [6.07, 6.45) is 1.40. The van der Waals surface area contributed by atoms with Gasteiger partial charge in [-0.1, -0.05) is 12.1 Å². The number of benzene rings is 1. The van der Waals surface area contributed by atoms with E-state index in [4.69, 9.17) is 5.11 Å². The molecular weight excluding hydrogens is 221 g/mol. The van der Waals surface area contributed by atoms with Crippen molar-refractivity contribution in [3.63, 3.8) is 0 Å². The number of carbonyl (C=O) groups is 1. The third-order valence-corrected chi connectivity index (χ3v) is 2.36. The van der Waals surface area contributed by atoms with E-state index < -0.39 is 5.97 Å². The van der Waals surface area contributed by atoms with Crippen LogP contribution in [0.5, 0.6) is 0 Å². The van der Waals surface area contributed by atoms with Gasteiger partial charge in [0.25, 0.3) is 0 Å². The van der Waals surface area contributed by atoms with Gasteiger partial charge in [0.05, 0.1) is 0 Å². The SMILES string of the molecule is Cc1cc(F)cc(-c2cccnc2C(=O)O)c1. The standard InChI is InChI=1S/C13H10FNO2/c1-8-5-9(7-10(14)6-8)11-3-2-4-15-12(11)13(16)17/h2-7H,1H3,(H,16,17). The number of pyridine rings is 1. The molecule has 0 aliphatic carbocycles. The smallest absolute Gasteiger partial charge is 0.355 e. The van der Waals surface area contributed by atoms with Gasteiger partial charge in [0.15, 0.2) is 5.69 Å². The molecule has 1 aromatic heterocycles. The molecule has 0 atom stereocenters. The fraction of sp³-hybridized carbons (Fsp3) is 0.0769. The average molecular weight is 231 g/mol. The second-order valence-electron chi connectivity index (χ2n) is 3.72. The van der Waals surface area contributed by atoms with E-state index >= 15 is 0 Å². The predicted octanol–water partition coefficient (Wildman–Crippen LogP) is 2.89. The van der Waals surface area contributed by atoms with E-state index in [2.05, 4.69) is 4.98 Å². The van der Waals surface area contributed by atoms with E-state index in [1.807, 2.05) is 0 Å². The lowest BCUT2D eigenvalue weighted by molar-refractivity contribution is 0.0691. The number of hydrogen-bond acceptors (Lipinski definition) is 2. The van der Waals surface area contributed by atoms with Gasteiger partial charge in [-0.15, -0.1) is 0 Å². The van der Waals surface area contributed by atoms with Crippen molar-refractivity contribution < 1.29 is 14.3 Å². The molecule has 2 rings (SSSR count). The summed E-state index contributed by atoms with van der Waals surface area (Å²) in [6, 6.07) is 7.66. The summed E-state index contributed by atoms with van der Waals surface area (Å²) in [4.78, 5) is 14.8. The third kappa shape index (κ3) is 2.30. The summed E-state index contributed by atoms with van der Waals surface area (Å²) in [6.45, 7) is 1.75. The van der Waals surface area contributed by atoms with Crippen LogP contribution in [0.1, 0.15) is 16.1 Å². The Bertz CT molecular complexity index is 561. The Morgan fingerprint density at radius 3 is 2.76 bits per heavy atom. The lowest BCUT2D eigenvalue weighted by Crippen LogP contribution is -2.02. The number of aromatic nitrogens is 1. The van der Waals surface area contributed by atoms with Gasteiger partial charge in [-0.05, 0) is 36.2 Å². The number of nitrogens with zero attached hydrogens (tertiary/aromatic N) is 1. The Hall–Kier alpha value is -2.23. The second kappa shape index (κ2) is 4.33. The van der Waals surface area contributed by atoms with Gasteiger partial charge in [0.2, 0.25) is 0 Å². The summed E-state index contributed by atoms with van der Waals surface area (Å²) in [5.74, 6) is -1.51. The van der Waals surface area contributed by atoms with Crippen LogP contribution in [-0.4, -0.2) is 16.1 Å². The first-order valence-electron chi connectivity index (χ1n) is 5.04. The first kappa shape index (κ1) is 11.3. The lowest BCUT2D eigenvalue weighted by atomic mass is 10.0. The maximum absolute atomic E-state index is 13.3.